The summed E-state index contributed by atoms with van der Waals surface area (Å²) < 4.78 is 0.0456. The third-order valence-electron chi connectivity index (χ3n) is 1.11. The van der Waals surface area contributed by atoms with Crippen LogP contribution in [0.4, 0.5) is 0 Å². The van der Waals surface area contributed by atoms with E-state index in [2.05, 4.69) is 0 Å². The molecule has 68 valence electrons. The molecule has 0 saturated heterocycles. The van der Waals surface area contributed by atoms with Gasteiger partial charge in [0, 0.05) is 0 Å². The summed E-state index contributed by atoms with van der Waals surface area (Å²) in [5.41, 5.74) is -0.843. The molecule has 0 fully saturated rings. The Balaban J connectivity index is 3.70. The van der Waals surface area contributed by atoms with E-state index >= 15 is 0 Å². The number of rotatable bonds is 4. The molecule has 0 aliphatic carbocycles. The zero-order chi connectivity index (χ0) is 9.12. The maximum absolute atomic E-state index is 9.26. The van der Waals surface area contributed by atoms with Crippen LogP contribution in [0.15, 0.2) is 0 Å². The van der Waals surface area contributed by atoms with Crippen molar-refractivity contribution in [2.45, 2.75) is 19.4 Å². The highest BCUT2D eigenvalue weighted by molar-refractivity contribution is 4.60. The van der Waals surface area contributed by atoms with Gasteiger partial charge in [-0.05, 0) is 13.8 Å². The van der Waals surface area contributed by atoms with Crippen molar-refractivity contribution >= 4 is 0 Å². The Morgan fingerprint density at radius 2 is 1.82 bits per heavy atom. The van der Waals surface area contributed by atoms with Crippen LogP contribution in [0.1, 0.15) is 13.8 Å². The lowest BCUT2D eigenvalue weighted by Gasteiger charge is -2.27. The molecule has 0 aliphatic rings. The molecule has 0 spiro atoms. The van der Waals surface area contributed by atoms with Crippen molar-refractivity contribution in [2.24, 2.45) is 0 Å². The quantitative estimate of drug-likeness (QED) is 0.341. The molecule has 0 saturated carbocycles. The third kappa shape index (κ3) is 6.25. The zero-order valence-electron chi connectivity index (χ0n) is 7.66. The van der Waals surface area contributed by atoms with Gasteiger partial charge >= 0.3 is 0 Å². The summed E-state index contributed by atoms with van der Waals surface area (Å²) in [4.78, 5) is 5.18. The summed E-state index contributed by atoms with van der Waals surface area (Å²) >= 11 is 0. The fraction of sp³-hybridized carbons (Fsp3) is 1.00. The summed E-state index contributed by atoms with van der Waals surface area (Å²) in [7, 11) is 3.43. The van der Waals surface area contributed by atoms with Crippen LogP contribution in [0, 0.1) is 0 Å². The first-order valence-electron chi connectivity index (χ1n) is 3.58. The molecule has 11 heavy (non-hydrogen) atoms. The van der Waals surface area contributed by atoms with Crippen molar-refractivity contribution in [3.05, 3.63) is 0 Å². The second kappa shape index (κ2) is 3.49. The van der Waals surface area contributed by atoms with E-state index in [1.165, 1.54) is 0 Å². The van der Waals surface area contributed by atoms with Gasteiger partial charge in [0.05, 0.1) is 5.60 Å². The molecule has 2 N–H and O–H groups in total. The highest BCUT2D eigenvalue weighted by Crippen LogP contribution is 2.05. The van der Waals surface area contributed by atoms with Crippen LogP contribution in [0.3, 0.4) is 0 Å². The van der Waals surface area contributed by atoms with Gasteiger partial charge in [0.2, 0.25) is 6.73 Å². The molecule has 0 aromatic heterocycles. The fourth-order valence-corrected chi connectivity index (χ4v) is 0.374. The number of quaternary nitrogens is 1. The number of hydroxylamine groups is 3. The van der Waals surface area contributed by atoms with Gasteiger partial charge in [-0.1, -0.05) is 0 Å². The van der Waals surface area contributed by atoms with E-state index in [1.807, 2.05) is 0 Å². The minimum Gasteiger partial charge on any atom is -0.388 e. The van der Waals surface area contributed by atoms with Crippen molar-refractivity contribution in [1.82, 2.24) is 0 Å². The van der Waals surface area contributed by atoms with Crippen molar-refractivity contribution in [2.75, 3.05) is 27.4 Å². The van der Waals surface area contributed by atoms with Crippen LogP contribution in [-0.4, -0.2) is 47.9 Å². The van der Waals surface area contributed by atoms with Gasteiger partial charge in [0.25, 0.3) is 0 Å². The molecule has 0 heterocycles. The van der Waals surface area contributed by atoms with Crippen molar-refractivity contribution < 1.29 is 19.7 Å². The van der Waals surface area contributed by atoms with Gasteiger partial charge in [-0.2, -0.15) is 9.48 Å². The van der Waals surface area contributed by atoms with E-state index < -0.39 is 5.60 Å². The van der Waals surface area contributed by atoms with Gasteiger partial charge in [-0.25, -0.2) is 0 Å². The molecule has 0 aliphatic heterocycles. The predicted molar refractivity (Wildman–Crippen MR) is 41.4 cm³/mol. The number of hydrogen-bond acceptors (Lipinski definition) is 3. The van der Waals surface area contributed by atoms with E-state index in [-0.39, 0.29) is 18.0 Å². The zero-order valence-corrected chi connectivity index (χ0v) is 7.66. The lowest BCUT2D eigenvalue weighted by molar-refractivity contribution is -1.09. The van der Waals surface area contributed by atoms with Gasteiger partial charge in [0.15, 0.2) is 0 Å². The Bertz CT molecular complexity index is 117. The van der Waals surface area contributed by atoms with Crippen LogP contribution >= 0.6 is 0 Å². The van der Waals surface area contributed by atoms with Crippen LogP contribution in [0.5, 0.6) is 0 Å². The molecular weight excluding hydrogens is 146 g/mol. The van der Waals surface area contributed by atoms with E-state index in [1.54, 1.807) is 27.9 Å². The van der Waals surface area contributed by atoms with Crippen molar-refractivity contribution in [3.8, 4) is 0 Å². The number of nitrogens with zero attached hydrogens (tertiary/aromatic N) is 1. The second-order valence-electron chi connectivity index (χ2n) is 3.80. The summed E-state index contributed by atoms with van der Waals surface area (Å²) in [6, 6.07) is 0. The number of hydrogen-bond donors (Lipinski definition) is 2. The van der Waals surface area contributed by atoms with E-state index in [4.69, 9.17) is 9.94 Å². The summed E-state index contributed by atoms with van der Waals surface area (Å²) in [6.45, 7) is 3.42. The second-order valence-corrected chi connectivity index (χ2v) is 3.80. The van der Waals surface area contributed by atoms with Gasteiger partial charge in [0.1, 0.15) is 20.7 Å². The highest BCUT2D eigenvalue weighted by atomic mass is 16.7. The first kappa shape index (κ1) is 10.8. The number of aliphatic hydroxyl groups excluding tert-OH is 1. The van der Waals surface area contributed by atoms with Crippen molar-refractivity contribution in [1.29, 1.82) is 0 Å². The lowest BCUT2D eigenvalue weighted by Crippen LogP contribution is -2.44. The minimum absolute atomic E-state index is 0.0456. The molecule has 0 amide bonds. The maximum Gasteiger partial charge on any atom is 0.210 e. The molecule has 0 unspecified atom stereocenters. The van der Waals surface area contributed by atoms with Crippen LogP contribution < -0.4 is 0 Å². The summed E-state index contributed by atoms with van der Waals surface area (Å²) in [5.74, 6) is 0. The molecule has 4 nitrogen and oxygen atoms in total. The van der Waals surface area contributed by atoms with Gasteiger partial charge in [-0.3, -0.25) is 0 Å². The normalized spacial score (nSPS) is 13.6. The van der Waals surface area contributed by atoms with Gasteiger partial charge < -0.3 is 10.2 Å². The SMILES string of the molecule is CC(C)(O)CO[N+](C)(C)CO. The molecule has 0 aromatic carbocycles. The Morgan fingerprint density at radius 1 is 1.36 bits per heavy atom. The van der Waals surface area contributed by atoms with Crippen LogP contribution in [0.25, 0.3) is 0 Å². The Hall–Kier alpha value is -0.160. The molecule has 0 radical (unpaired) electrons. The summed E-state index contributed by atoms with van der Waals surface area (Å²) in [6.07, 6.45) is 0. The molecule has 0 rings (SSSR count). The third-order valence-corrected chi connectivity index (χ3v) is 1.11. The smallest absolute Gasteiger partial charge is 0.210 e. The lowest BCUT2D eigenvalue weighted by atomic mass is 10.2. The van der Waals surface area contributed by atoms with Gasteiger partial charge in [-0.15, -0.1) is 0 Å². The molecule has 0 aromatic rings. The molecule has 0 bridgehead atoms. The summed E-state index contributed by atoms with van der Waals surface area (Å²) in [5, 5.41) is 18.0. The largest absolute Gasteiger partial charge is 0.388 e. The van der Waals surface area contributed by atoms with Crippen molar-refractivity contribution in [3.63, 3.8) is 0 Å². The predicted octanol–water partition coefficient (Wildman–Crippen LogP) is -0.285. The first-order valence-corrected chi connectivity index (χ1v) is 3.58. The average molecular weight is 164 g/mol. The molecule has 4 heteroatoms. The Kier molecular flexibility index (Phi) is 3.44. The molecular formula is C7H18NO3+. The fourth-order valence-electron chi connectivity index (χ4n) is 0.374. The Labute approximate surface area is 67.6 Å². The average Bonchev–Trinajstić information content (AvgIpc) is 1.83. The van der Waals surface area contributed by atoms with Crippen LogP contribution in [-0.2, 0) is 4.84 Å². The standard InChI is InChI=1S/C7H18NO3/c1-7(2,10)5-11-8(3,4)6-9/h9-10H,5-6H2,1-4H3/q+1. The first-order chi connectivity index (χ1) is 4.77. The monoisotopic (exact) mass is 164 g/mol. The molecule has 0 atom stereocenters. The number of aliphatic hydroxyl groups is 2. The topological polar surface area (TPSA) is 49.7 Å². The van der Waals surface area contributed by atoms with E-state index in [0.29, 0.717) is 0 Å². The maximum atomic E-state index is 9.26. The Morgan fingerprint density at radius 3 is 2.09 bits per heavy atom. The van der Waals surface area contributed by atoms with Crippen LogP contribution in [0.2, 0.25) is 0 Å². The van der Waals surface area contributed by atoms with E-state index in [9.17, 15) is 5.11 Å². The highest BCUT2D eigenvalue weighted by Gasteiger charge is 2.21. The van der Waals surface area contributed by atoms with E-state index in [0.717, 1.165) is 0 Å². The minimum atomic E-state index is -0.843.